The van der Waals surface area contributed by atoms with Crippen LogP contribution in [0.15, 0.2) is 23.0 Å². The molecule has 0 amide bonds. The van der Waals surface area contributed by atoms with Crippen LogP contribution < -0.4 is 5.56 Å². The molecule has 1 aromatic carbocycles. The van der Waals surface area contributed by atoms with Gasteiger partial charge in [0, 0.05) is 5.56 Å². The Morgan fingerprint density at radius 1 is 1.35 bits per heavy atom. The predicted molar refractivity (Wildman–Crippen MR) is 66.3 cm³/mol. The lowest BCUT2D eigenvalue weighted by Gasteiger charge is -2.07. The molecule has 0 fully saturated rings. The minimum Gasteiger partial charge on any atom is -0.465 e. The van der Waals surface area contributed by atoms with E-state index in [0.29, 0.717) is 0 Å². The maximum atomic E-state index is 13.5. The van der Waals surface area contributed by atoms with Gasteiger partial charge in [0.15, 0.2) is 11.6 Å². The Bertz CT molecular complexity index is 741. The molecule has 5 nitrogen and oxygen atoms in total. The molecule has 0 unspecified atom stereocenters. The van der Waals surface area contributed by atoms with Crippen LogP contribution in [0.3, 0.4) is 0 Å². The molecule has 20 heavy (non-hydrogen) atoms. The number of carbonyl (C=O) groups excluding carboxylic acids is 1. The number of rotatable bonds is 2. The number of esters is 1. The summed E-state index contributed by atoms with van der Waals surface area (Å²) in [6.07, 6.45) is 0. The molecule has 0 aliphatic carbocycles. The van der Waals surface area contributed by atoms with Gasteiger partial charge in [-0.25, -0.2) is 18.7 Å². The van der Waals surface area contributed by atoms with E-state index < -0.39 is 23.2 Å². The first-order valence-electron chi connectivity index (χ1n) is 5.58. The quantitative estimate of drug-likeness (QED) is 0.851. The lowest BCUT2D eigenvalue weighted by Crippen LogP contribution is -2.20. The molecule has 0 aliphatic rings. The Morgan fingerprint density at radius 2 is 2.05 bits per heavy atom. The van der Waals surface area contributed by atoms with Crippen molar-refractivity contribution >= 4 is 5.97 Å². The number of ether oxygens (including phenoxy) is 1. The lowest BCUT2D eigenvalue weighted by molar-refractivity contribution is 0.0598. The van der Waals surface area contributed by atoms with Crippen molar-refractivity contribution < 1.29 is 18.3 Å². The molecule has 1 aromatic heterocycles. The molecule has 2 aromatic rings. The van der Waals surface area contributed by atoms with Crippen LogP contribution in [0.1, 0.15) is 15.9 Å². The van der Waals surface area contributed by atoms with Crippen molar-refractivity contribution in [2.75, 3.05) is 7.11 Å². The fraction of sp³-hybridized carbons (Fsp3) is 0.154. The highest BCUT2D eigenvalue weighted by Crippen LogP contribution is 2.24. The van der Waals surface area contributed by atoms with Crippen molar-refractivity contribution in [1.29, 1.82) is 0 Å². The average molecular weight is 280 g/mol. The van der Waals surface area contributed by atoms with E-state index in [9.17, 15) is 18.4 Å². The summed E-state index contributed by atoms with van der Waals surface area (Å²) in [5, 5.41) is 5.84. The second-order valence-electron chi connectivity index (χ2n) is 4.02. The average Bonchev–Trinajstić information content (AvgIpc) is 2.45. The van der Waals surface area contributed by atoms with Crippen molar-refractivity contribution in [3.63, 3.8) is 0 Å². The van der Waals surface area contributed by atoms with E-state index in [-0.39, 0.29) is 22.4 Å². The third-order valence-electron chi connectivity index (χ3n) is 2.82. The highest BCUT2D eigenvalue weighted by molar-refractivity contribution is 5.90. The van der Waals surface area contributed by atoms with Crippen LogP contribution in [0, 0.1) is 18.6 Å². The maximum absolute atomic E-state index is 13.5. The van der Waals surface area contributed by atoms with Crippen molar-refractivity contribution in [3.05, 3.63) is 51.3 Å². The smallest absolute Gasteiger partial charge is 0.343 e. The van der Waals surface area contributed by atoms with E-state index >= 15 is 0 Å². The summed E-state index contributed by atoms with van der Waals surface area (Å²) >= 11 is 0. The van der Waals surface area contributed by atoms with Gasteiger partial charge in [-0.3, -0.25) is 4.79 Å². The number of halogens is 2. The summed E-state index contributed by atoms with van der Waals surface area (Å²) in [4.78, 5) is 22.9. The SMILES string of the molecule is COC(=O)c1cc(-c2ccc(F)c(F)c2C)n[nH]c1=O. The van der Waals surface area contributed by atoms with Gasteiger partial charge < -0.3 is 4.74 Å². The number of aromatic nitrogens is 2. The number of aromatic amines is 1. The number of nitrogens with zero attached hydrogens (tertiary/aromatic N) is 1. The van der Waals surface area contributed by atoms with Gasteiger partial charge >= 0.3 is 5.97 Å². The number of carbonyl (C=O) groups is 1. The Morgan fingerprint density at radius 3 is 2.70 bits per heavy atom. The summed E-state index contributed by atoms with van der Waals surface area (Å²) < 4.78 is 31.0. The minimum absolute atomic E-state index is 0.0281. The molecular weight excluding hydrogens is 270 g/mol. The van der Waals surface area contributed by atoms with Crippen molar-refractivity contribution in [2.45, 2.75) is 6.92 Å². The normalized spacial score (nSPS) is 10.4. The van der Waals surface area contributed by atoms with E-state index in [2.05, 4.69) is 14.9 Å². The second kappa shape index (κ2) is 5.20. The molecule has 7 heteroatoms. The van der Waals surface area contributed by atoms with E-state index in [1.54, 1.807) is 0 Å². The third-order valence-corrected chi connectivity index (χ3v) is 2.82. The Labute approximate surface area is 112 Å². The van der Waals surface area contributed by atoms with Gasteiger partial charge in [0.2, 0.25) is 0 Å². The topological polar surface area (TPSA) is 72.0 Å². The van der Waals surface area contributed by atoms with Crippen molar-refractivity contribution in [2.24, 2.45) is 0 Å². The van der Waals surface area contributed by atoms with Crippen LogP contribution >= 0.6 is 0 Å². The lowest BCUT2D eigenvalue weighted by atomic mass is 10.0. The standard InChI is InChI=1S/C13H10F2N2O3/c1-6-7(3-4-9(14)11(6)15)10-5-8(13(19)20-2)12(18)17-16-10/h3-5H,1-2H3,(H,17,18). The first kappa shape index (κ1) is 13.9. The molecule has 0 bridgehead atoms. The van der Waals surface area contributed by atoms with E-state index in [0.717, 1.165) is 13.2 Å². The van der Waals surface area contributed by atoms with Gasteiger partial charge in [0.05, 0.1) is 12.8 Å². The zero-order chi connectivity index (χ0) is 14.9. The molecule has 104 valence electrons. The number of H-pyrrole nitrogens is 1. The number of nitrogens with one attached hydrogen (secondary N) is 1. The van der Waals surface area contributed by atoms with Crippen molar-refractivity contribution in [3.8, 4) is 11.3 Å². The van der Waals surface area contributed by atoms with Gasteiger partial charge in [0.25, 0.3) is 5.56 Å². The molecule has 0 aliphatic heterocycles. The van der Waals surface area contributed by atoms with E-state index in [1.165, 1.54) is 19.1 Å². The van der Waals surface area contributed by atoms with Crippen LogP contribution in [0.4, 0.5) is 8.78 Å². The molecular formula is C13H10F2N2O3. The Kier molecular flexibility index (Phi) is 3.60. The zero-order valence-electron chi connectivity index (χ0n) is 10.7. The predicted octanol–water partition coefficient (Wildman–Crippen LogP) is 1.81. The number of benzene rings is 1. The van der Waals surface area contributed by atoms with E-state index in [1.807, 2.05) is 0 Å². The fourth-order valence-electron chi connectivity index (χ4n) is 1.73. The maximum Gasteiger partial charge on any atom is 0.343 e. The monoisotopic (exact) mass is 280 g/mol. The summed E-state index contributed by atoms with van der Waals surface area (Å²) in [5.74, 6) is -2.82. The molecule has 0 saturated heterocycles. The van der Waals surface area contributed by atoms with Crippen LogP contribution in [0.25, 0.3) is 11.3 Å². The highest BCUT2D eigenvalue weighted by atomic mass is 19.2. The fourth-order valence-corrected chi connectivity index (χ4v) is 1.73. The third kappa shape index (κ3) is 2.29. The number of methoxy groups -OCH3 is 1. The molecule has 0 radical (unpaired) electrons. The largest absolute Gasteiger partial charge is 0.465 e. The van der Waals surface area contributed by atoms with E-state index in [4.69, 9.17) is 0 Å². The number of hydrogen-bond acceptors (Lipinski definition) is 4. The van der Waals surface area contributed by atoms with Gasteiger partial charge in [-0.05, 0) is 30.7 Å². The molecule has 1 N–H and O–H groups in total. The first-order chi connectivity index (χ1) is 9.45. The van der Waals surface area contributed by atoms with Gasteiger partial charge in [-0.1, -0.05) is 0 Å². The first-order valence-corrected chi connectivity index (χ1v) is 5.58. The summed E-state index contributed by atoms with van der Waals surface area (Å²) in [7, 11) is 1.13. The molecule has 0 spiro atoms. The van der Waals surface area contributed by atoms with Gasteiger partial charge in [-0.2, -0.15) is 5.10 Å². The Balaban J connectivity index is 2.63. The molecule has 2 rings (SSSR count). The van der Waals surface area contributed by atoms with Crippen LogP contribution in [-0.4, -0.2) is 23.3 Å². The van der Waals surface area contributed by atoms with Crippen LogP contribution in [-0.2, 0) is 4.74 Å². The second-order valence-corrected chi connectivity index (χ2v) is 4.02. The van der Waals surface area contributed by atoms with Crippen LogP contribution in [0.2, 0.25) is 0 Å². The number of hydrogen-bond donors (Lipinski definition) is 1. The molecule has 1 heterocycles. The summed E-state index contributed by atoms with van der Waals surface area (Å²) in [6, 6.07) is 3.43. The molecule has 0 saturated carbocycles. The molecule has 0 atom stereocenters. The van der Waals surface area contributed by atoms with Gasteiger partial charge in [0.1, 0.15) is 5.56 Å². The van der Waals surface area contributed by atoms with Crippen molar-refractivity contribution in [1.82, 2.24) is 10.2 Å². The summed E-state index contributed by atoms with van der Waals surface area (Å²) in [6.45, 7) is 1.37. The minimum atomic E-state index is -1.00. The van der Waals surface area contributed by atoms with Gasteiger partial charge in [-0.15, -0.1) is 0 Å². The zero-order valence-corrected chi connectivity index (χ0v) is 10.7. The highest BCUT2D eigenvalue weighted by Gasteiger charge is 2.16. The Hall–Kier alpha value is -2.57. The summed E-state index contributed by atoms with van der Waals surface area (Å²) in [5.41, 5.74) is -0.547. The van der Waals surface area contributed by atoms with Crippen LogP contribution in [0.5, 0.6) is 0 Å².